The van der Waals surface area contributed by atoms with Gasteiger partial charge in [0.25, 0.3) is 5.91 Å². The van der Waals surface area contributed by atoms with E-state index in [0.29, 0.717) is 24.2 Å². The summed E-state index contributed by atoms with van der Waals surface area (Å²) in [5.41, 5.74) is 1.60. The molecule has 0 spiro atoms. The Balaban J connectivity index is 1.86. The molecule has 0 bridgehead atoms. The quantitative estimate of drug-likeness (QED) is 0.927. The van der Waals surface area contributed by atoms with Crippen LogP contribution < -0.4 is 4.74 Å². The lowest BCUT2D eigenvalue weighted by atomic mass is 10.0. The Morgan fingerprint density at radius 3 is 2.72 bits per heavy atom. The molecule has 7 heteroatoms. The van der Waals surface area contributed by atoms with E-state index in [9.17, 15) is 14.0 Å². The van der Waals surface area contributed by atoms with Crippen molar-refractivity contribution in [3.63, 3.8) is 0 Å². The molecule has 1 amide bonds. The molecule has 0 radical (unpaired) electrons. The predicted molar refractivity (Wildman–Crippen MR) is 88.5 cm³/mol. The SMILES string of the molecule is COc1cc(C2=NN(C(=O)c3cccc(F)c3)CC2)ccc1C(=O)O. The van der Waals surface area contributed by atoms with Crippen molar-refractivity contribution in [3.05, 3.63) is 65.0 Å². The molecule has 0 aromatic heterocycles. The van der Waals surface area contributed by atoms with E-state index in [1.807, 2.05) is 0 Å². The van der Waals surface area contributed by atoms with E-state index < -0.39 is 11.8 Å². The molecule has 3 rings (SSSR count). The highest BCUT2D eigenvalue weighted by Gasteiger charge is 2.24. The molecule has 0 atom stereocenters. The molecule has 1 heterocycles. The number of halogens is 1. The Labute approximate surface area is 143 Å². The number of carbonyl (C=O) groups is 2. The van der Waals surface area contributed by atoms with Crippen LogP contribution in [0.5, 0.6) is 5.75 Å². The maximum atomic E-state index is 13.3. The van der Waals surface area contributed by atoms with E-state index in [1.54, 1.807) is 12.1 Å². The van der Waals surface area contributed by atoms with Crippen LogP contribution in [0.3, 0.4) is 0 Å². The fourth-order valence-electron chi connectivity index (χ4n) is 2.62. The van der Waals surface area contributed by atoms with Gasteiger partial charge in [-0.25, -0.2) is 14.2 Å². The summed E-state index contributed by atoms with van der Waals surface area (Å²) < 4.78 is 18.4. The average Bonchev–Trinajstić information content (AvgIpc) is 3.10. The zero-order valence-corrected chi connectivity index (χ0v) is 13.4. The molecule has 1 N–H and O–H groups in total. The maximum Gasteiger partial charge on any atom is 0.339 e. The second-order valence-electron chi connectivity index (χ2n) is 5.46. The van der Waals surface area contributed by atoms with E-state index in [4.69, 9.17) is 9.84 Å². The molecule has 2 aromatic rings. The van der Waals surface area contributed by atoms with Crippen LogP contribution in [0.15, 0.2) is 47.6 Å². The van der Waals surface area contributed by atoms with Crippen LogP contribution in [-0.2, 0) is 0 Å². The van der Waals surface area contributed by atoms with Gasteiger partial charge in [0.15, 0.2) is 0 Å². The van der Waals surface area contributed by atoms with Crippen molar-refractivity contribution < 1.29 is 23.8 Å². The molecule has 6 nitrogen and oxygen atoms in total. The second-order valence-corrected chi connectivity index (χ2v) is 5.46. The number of ether oxygens (including phenoxy) is 1. The Bertz CT molecular complexity index is 879. The zero-order valence-electron chi connectivity index (χ0n) is 13.4. The van der Waals surface area contributed by atoms with E-state index in [-0.39, 0.29) is 22.8 Å². The van der Waals surface area contributed by atoms with Crippen molar-refractivity contribution in [1.82, 2.24) is 5.01 Å². The highest BCUT2D eigenvalue weighted by atomic mass is 19.1. The lowest BCUT2D eigenvalue weighted by molar-refractivity contribution is 0.0692. The summed E-state index contributed by atoms with van der Waals surface area (Å²) >= 11 is 0. The van der Waals surface area contributed by atoms with E-state index in [1.165, 1.54) is 42.5 Å². The third-order valence-corrected chi connectivity index (χ3v) is 3.87. The zero-order chi connectivity index (χ0) is 18.0. The Morgan fingerprint density at radius 1 is 1.24 bits per heavy atom. The molecular weight excluding hydrogens is 327 g/mol. The molecule has 0 aliphatic carbocycles. The fourth-order valence-corrected chi connectivity index (χ4v) is 2.62. The molecule has 0 saturated carbocycles. The van der Waals surface area contributed by atoms with Gasteiger partial charge in [0.2, 0.25) is 0 Å². The van der Waals surface area contributed by atoms with Gasteiger partial charge in [-0.1, -0.05) is 12.1 Å². The molecule has 1 aliphatic rings. The first kappa shape index (κ1) is 16.6. The third kappa shape index (κ3) is 3.35. The van der Waals surface area contributed by atoms with Crippen LogP contribution in [0.1, 0.15) is 32.7 Å². The Hall–Kier alpha value is -3.22. The lowest BCUT2D eigenvalue weighted by Crippen LogP contribution is -2.23. The number of carboxylic acids is 1. The van der Waals surface area contributed by atoms with Gasteiger partial charge in [-0.2, -0.15) is 5.10 Å². The van der Waals surface area contributed by atoms with Gasteiger partial charge in [-0.15, -0.1) is 0 Å². The minimum atomic E-state index is -1.08. The van der Waals surface area contributed by atoms with E-state index >= 15 is 0 Å². The normalized spacial score (nSPS) is 13.5. The maximum absolute atomic E-state index is 13.3. The number of benzene rings is 2. The number of hydrogen-bond donors (Lipinski definition) is 1. The molecular formula is C18H15FN2O4. The summed E-state index contributed by atoms with van der Waals surface area (Å²) in [7, 11) is 1.39. The highest BCUT2D eigenvalue weighted by Crippen LogP contribution is 2.24. The topological polar surface area (TPSA) is 79.2 Å². The van der Waals surface area contributed by atoms with Crippen molar-refractivity contribution in [2.45, 2.75) is 6.42 Å². The summed E-state index contributed by atoms with van der Waals surface area (Å²) in [5, 5.41) is 14.7. The van der Waals surface area contributed by atoms with Crippen molar-refractivity contribution >= 4 is 17.6 Å². The first-order chi connectivity index (χ1) is 12.0. The predicted octanol–water partition coefficient (Wildman–Crippen LogP) is 2.78. The van der Waals surface area contributed by atoms with Gasteiger partial charge in [0.1, 0.15) is 17.1 Å². The average molecular weight is 342 g/mol. The number of hydrazone groups is 1. The number of carbonyl (C=O) groups excluding carboxylic acids is 1. The standard InChI is InChI=1S/C18H15FN2O4/c1-25-16-10-11(5-6-14(16)18(23)24)15-7-8-21(20-15)17(22)12-3-2-4-13(19)9-12/h2-6,9-10H,7-8H2,1H3,(H,23,24). The first-order valence-corrected chi connectivity index (χ1v) is 7.56. The number of nitrogens with zero attached hydrogens (tertiary/aromatic N) is 2. The molecule has 1 aliphatic heterocycles. The molecule has 2 aromatic carbocycles. The smallest absolute Gasteiger partial charge is 0.339 e. The summed E-state index contributed by atoms with van der Waals surface area (Å²) in [6.07, 6.45) is 0.511. The number of rotatable bonds is 4. The van der Waals surface area contributed by atoms with Crippen molar-refractivity contribution in [2.24, 2.45) is 5.10 Å². The third-order valence-electron chi connectivity index (χ3n) is 3.87. The summed E-state index contributed by atoms with van der Waals surface area (Å²) in [6, 6.07) is 10.1. The van der Waals surface area contributed by atoms with Crippen molar-refractivity contribution in [1.29, 1.82) is 0 Å². The monoisotopic (exact) mass is 342 g/mol. The first-order valence-electron chi connectivity index (χ1n) is 7.56. The van der Waals surface area contributed by atoms with Gasteiger partial charge in [-0.05, 0) is 30.3 Å². The summed E-state index contributed by atoms with van der Waals surface area (Å²) in [5.74, 6) is -1.73. The molecule has 128 valence electrons. The molecule has 0 saturated heterocycles. The van der Waals surface area contributed by atoms with Crippen molar-refractivity contribution in [3.8, 4) is 5.75 Å². The number of amides is 1. The fraction of sp³-hybridized carbons (Fsp3) is 0.167. The van der Waals surface area contributed by atoms with Crippen molar-refractivity contribution in [2.75, 3.05) is 13.7 Å². The molecule has 25 heavy (non-hydrogen) atoms. The van der Waals surface area contributed by atoms with Crippen LogP contribution in [-0.4, -0.2) is 41.4 Å². The summed E-state index contributed by atoms with van der Waals surface area (Å²) in [6.45, 7) is 0.369. The largest absolute Gasteiger partial charge is 0.496 e. The highest BCUT2D eigenvalue weighted by molar-refractivity contribution is 6.05. The lowest BCUT2D eigenvalue weighted by Gasteiger charge is -2.11. The molecule has 0 unspecified atom stereocenters. The van der Waals surface area contributed by atoms with Gasteiger partial charge >= 0.3 is 5.97 Å². The Morgan fingerprint density at radius 2 is 2.04 bits per heavy atom. The van der Waals surface area contributed by atoms with Crippen LogP contribution in [0.2, 0.25) is 0 Å². The molecule has 0 fully saturated rings. The van der Waals surface area contributed by atoms with Gasteiger partial charge in [0.05, 0.1) is 19.4 Å². The minimum Gasteiger partial charge on any atom is -0.496 e. The van der Waals surface area contributed by atoms with Crippen LogP contribution >= 0.6 is 0 Å². The number of aromatic carboxylic acids is 1. The van der Waals surface area contributed by atoms with Gasteiger partial charge < -0.3 is 9.84 Å². The van der Waals surface area contributed by atoms with Gasteiger partial charge in [-0.3, -0.25) is 4.79 Å². The Kier molecular flexibility index (Phi) is 4.47. The second kappa shape index (κ2) is 6.72. The summed E-state index contributed by atoms with van der Waals surface area (Å²) in [4.78, 5) is 23.5. The minimum absolute atomic E-state index is 0.0533. The number of carboxylic acid groups (broad SMARTS) is 1. The number of methoxy groups -OCH3 is 1. The van der Waals surface area contributed by atoms with Crippen LogP contribution in [0, 0.1) is 5.82 Å². The van der Waals surface area contributed by atoms with E-state index in [2.05, 4.69) is 5.10 Å². The van der Waals surface area contributed by atoms with Crippen LogP contribution in [0.4, 0.5) is 4.39 Å². The number of hydrogen-bond acceptors (Lipinski definition) is 4. The van der Waals surface area contributed by atoms with Crippen LogP contribution in [0.25, 0.3) is 0 Å². The van der Waals surface area contributed by atoms with Gasteiger partial charge in [0, 0.05) is 17.5 Å². The van der Waals surface area contributed by atoms with E-state index in [0.717, 1.165) is 0 Å².